The molecular formula is C19H26ClNO4. The zero-order valence-corrected chi connectivity index (χ0v) is 15.6. The Kier molecular flexibility index (Phi) is 7.72. The topological polar surface area (TPSA) is 55.8 Å². The van der Waals surface area contributed by atoms with E-state index in [1.807, 2.05) is 18.2 Å². The highest BCUT2D eigenvalue weighted by Gasteiger charge is 2.36. The summed E-state index contributed by atoms with van der Waals surface area (Å²) in [6, 6.07) is 10.3. The van der Waals surface area contributed by atoms with E-state index in [0.29, 0.717) is 19.6 Å². The maximum Gasteiger partial charge on any atom is 0.302 e. The summed E-state index contributed by atoms with van der Waals surface area (Å²) in [6.45, 7) is 4.55. The fourth-order valence-electron chi connectivity index (χ4n) is 3.18. The summed E-state index contributed by atoms with van der Waals surface area (Å²) >= 11 is 6.42. The third-order valence-corrected chi connectivity index (χ3v) is 4.80. The number of likely N-dealkylation sites (tertiary alicyclic amines) is 1. The van der Waals surface area contributed by atoms with E-state index in [2.05, 4.69) is 17.0 Å². The average Bonchev–Trinajstić information content (AvgIpc) is 2.56. The predicted molar refractivity (Wildman–Crippen MR) is 96.6 cm³/mol. The van der Waals surface area contributed by atoms with Gasteiger partial charge in [0.1, 0.15) is 12.7 Å². The quantitative estimate of drug-likeness (QED) is 0.548. The van der Waals surface area contributed by atoms with Crippen molar-refractivity contribution < 1.29 is 19.1 Å². The molecule has 6 heteroatoms. The largest absolute Gasteiger partial charge is 0.464 e. The molecule has 1 heterocycles. The highest BCUT2D eigenvalue weighted by Crippen LogP contribution is 2.25. The Morgan fingerprint density at radius 3 is 2.56 bits per heavy atom. The third-order valence-electron chi connectivity index (χ3n) is 4.38. The van der Waals surface area contributed by atoms with Crippen LogP contribution in [0.1, 0.15) is 32.3 Å². The molecule has 0 saturated carbocycles. The first kappa shape index (κ1) is 19.7. The number of piperidine rings is 1. The van der Waals surface area contributed by atoms with Crippen LogP contribution in [0.5, 0.6) is 0 Å². The number of rotatable bonds is 7. The van der Waals surface area contributed by atoms with E-state index in [9.17, 15) is 9.59 Å². The summed E-state index contributed by atoms with van der Waals surface area (Å²) in [5.41, 5.74) is 1.30. The maximum atomic E-state index is 11.3. The summed E-state index contributed by atoms with van der Waals surface area (Å²) in [4.78, 5) is 24.7. The van der Waals surface area contributed by atoms with Crippen LogP contribution >= 0.6 is 11.6 Å². The molecule has 1 aliphatic rings. The van der Waals surface area contributed by atoms with Gasteiger partial charge in [-0.05, 0) is 24.9 Å². The first-order valence-corrected chi connectivity index (χ1v) is 9.12. The molecule has 0 amide bonds. The van der Waals surface area contributed by atoms with Crippen LogP contribution in [0.4, 0.5) is 0 Å². The molecule has 0 aromatic heterocycles. The highest BCUT2D eigenvalue weighted by atomic mass is 35.5. The molecule has 1 saturated heterocycles. The molecule has 1 fully saturated rings. The number of halogens is 1. The molecule has 0 radical (unpaired) electrons. The Labute approximate surface area is 154 Å². The van der Waals surface area contributed by atoms with Crippen molar-refractivity contribution in [1.29, 1.82) is 0 Å². The monoisotopic (exact) mass is 367 g/mol. The molecule has 1 aliphatic heterocycles. The summed E-state index contributed by atoms with van der Waals surface area (Å²) in [5.74, 6) is -0.638. The molecule has 5 nitrogen and oxygen atoms in total. The Balaban J connectivity index is 1.92. The van der Waals surface area contributed by atoms with Gasteiger partial charge in [0.15, 0.2) is 0 Å². The van der Waals surface area contributed by atoms with Gasteiger partial charge in [0.05, 0.1) is 5.38 Å². The zero-order chi connectivity index (χ0) is 18.2. The minimum Gasteiger partial charge on any atom is -0.464 e. The van der Waals surface area contributed by atoms with Crippen molar-refractivity contribution in [3.05, 3.63) is 35.9 Å². The average molecular weight is 368 g/mol. The van der Waals surface area contributed by atoms with Crippen molar-refractivity contribution in [1.82, 2.24) is 4.90 Å². The van der Waals surface area contributed by atoms with Crippen LogP contribution < -0.4 is 0 Å². The summed E-state index contributed by atoms with van der Waals surface area (Å²) in [5, 5.41) is -0.255. The van der Waals surface area contributed by atoms with Crippen molar-refractivity contribution in [2.45, 2.75) is 50.6 Å². The van der Waals surface area contributed by atoms with Gasteiger partial charge in [0.25, 0.3) is 0 Å². The smallest absolute Gasteiger partial charge is 0.302 e. The number of ether oxygens (including phenoxy) is 2. The van der Waals surface area contributed by atoms with Crippen molar-refractivity contribution in [2.75, 3.05) is 19.7 Å². The third kappa shape index (κ3) is 6.67. The van der Waals surface area contributed by atoms with Crippen LogP contribution in [0.25, 0.3) is 0 Å². The number of carbonyl (C=O) groups excluding carboxylic acids is 2. The van der Waals surface area contributed by atoms with Crippen LogP contribution in [0, 0.1) is 0 Å². The van der Waals surface area contributed by atoms with Crippen LogP contribution in [0.2, 0.25) is 0 Å². The summed E-state index contributed by atoms with van der Waals surface area (Å²) in [6.07, 6.45) is 2.21. The maximum absolute atomic E-state index is 11.3. The lowest BCUT2D eigenvalue weighted by Gasteiger charge is -2.41. The van der Waals surface area contributed by atoms with Gasteiger partial charge in [0, 0.05) is 32.9 Å². The lowest BCUT2D eigenvalue weighted by atomic mass is 9.98. The van der Waals surface area contributed by atoms with E-state index >= 15 is 0 Å². The molecule has 0 aliphatic carbocycles. The number of carbonyl (C=O) groups is 2. The fraction of sp³-hybridized carbons (Fsp3) is 0.579. The SMILES string of the molecule is CC(=O)OCC1CC(OC(C)=O)[C@@H](Cl)CN1CCCc1ccccc1. The van der Waals surface area contributed by atoms with Gasteiger partial charge in [0.2, 0.25) is 0 Å². The Morgan fingerprint density at radius 1 is 1.20 bits per heavy atom. The van der Waals surface area contributed by atoms with E-state index in [1.165, 1.54) is 19.4 Å². The number of hydrogen-bond acceptors (Lipinski definition) is 5. The molecule has 3 atom stereocenters. The van der Waals surface area contributed by atoms with Crippen molar-refractivity contribution in [2.24, 2.45) is 0 Å². The van der Waals surface area contributed by atoms with E-state index in [4.69, 9.17) is 21.1 Å². The molecule has 2 unspecified atom stereocenters. The molecule has 0 N–H and O–H groups in total. The van der Waals surface area contributed by atoms with Gasteiger partial charge in [-0.1, -0.05) is 30.3 Å². The second-order valence-corrected chi connectivity index (χ2v) is 7.00. The molecule has 0 spiro atoms. The molecule has 2 rings (SSSR count). The highest BCUT2D eigenvalue weighted by molar-refractivity contribution is 6.21. The molecule has 1 aromatic rings. The molecule has 0 bridgehead atoms. The van der Waals surface area contributed by atoms with Crippen LogP contribution in [0.3, 0.4) is 0 Å². The first-order chi connectivity index (χ1) is 12.0. The number of nitrogens with zero attached hydrogens (tertiary/aromatic N) is 1. The fourth-order valence-corrected chi connectivity index (χ4v) is 3.51. The number of benzene rings is 1. The van der Waals surface area contributed by atoms with Crippen molar-refractivity contribution in [3.8, 4) is 0 Å². The van der Waals surface area contributed by atoms with Crippen LogP contribution in [-0.2, 0) is 25.5 Å². The van der Waals surface area contributed by atoms with Crippen LogP contribution in [-0.4, -0.2) is 54.1 Å². The lowest BCUT2D eigenvalue weighted by Crippen LogP contribution is -2.53. The molecule has 1 aromatic carbocycles. The van der Waals surface area contributed by atoms with E-state index in [1.54, 1.807) is 0 Å². The number of alkyl halides is 1. The molecule has 138 valence electrons. The Bertz CT molecular complexity index is 566. The minimum atomic E-state index is -0.343. The second kappa shape index (κ2) is 9.78. The van der Waals surface area contributed by atoms with Gasteiger partial charge in [-0.25, -0.2) is 0 Å². The summed E-state index contributed by atoms with van der Waals surface area (Å²) in [7, 11) is 0. The second-order valence-electron chi connectivity index (χ2n) is 6.44. The van der Waals surface area contributed by atoms with Gasteiger partial charge in [-0.3, -0.25) is 14.5 Å². The van der Waals surface area contributed by atoms with Crippen molar-refractivity contribution in [3.63, 3.8) is 0 Å². The zero-order valence-electron chi connectivity index (χ0n) is 14.8. The Hall–Kier alpha value is -1.59. The molecular weight excluding hydrogens is 342 g/mol. The standard InChI is InChI=1S/C19H26ClNO4/c1-14(22)24-13-17-11-19(25-15(2)23)18(20)12-21(17)10-6-9-16-7-4-3-5-8-16/h3-5,7-8,17-19H,6,9-13H2,1-2H3/t17?,18-,19?/m0/s1. The summed E-state index contributed by atoms with van der Waals surface area (Å²) < 4.78 is 10.5. The number of hydrogen-bond donors (Lipinski definition) is 0. The van der Waals surface area contributed by atoms with Gasteiger partial charge < -0.3 is 9.47 Å². The van der Waals surface area contributed by atoms with E-state index in [-0.39, 0.29) is 29.5 Å². The van der Waals surface area contributed by atoms with Crippen LogP contribution in [0.15, 0.2) is 30.3 Å². The number of aryl methyl sites for hydroxylation is 1. The van der Waals surface area contributed by atoms with Gasteiger partial charge in [-0.15, -0.1) is 11.6 Å². The predicted octanol–water partition coefficient (Wildman–Crippen LogP) is 2.80. The van der Waals surface area contributed by atoms with Crippen molar-refractivity contribution >= 4 is 23.5 Å². The minimum absolute atomic E-state index is 0.0130. The van der Waals surface area contributed by atoms with Gasteiger partial charge in [-0.2, -0.15) is 0 Å². The normalized spacial score (nSPS) is 23.9. The van der Waals surface area contributed by atoms with E-state index in [0.717, 1.165) is 19.4 Å². The van der Waals surface area contributed by atoms with Gasteiger partial charge >= 0.3 is 11.9 Å². The first-order valence-electron chi connectivity index (χ1n) is 8.68. The number of esters is 2. The lowest BCUT2D eigenvalue weighted by molar-refractivity contribution is -0.152. The van der Waals surface area contributed by atoms with E-state index < -0.39 is 0 Å². The molecule has 25 heavy (non-hydrogen) atoms. The Morgan fingerprint density at radius 2 is 1.92 bits per heavy atom.